The van der Waals surface area contributed by atoms with E-state index < -0.39 is 36.1 Å². The molecule has 0 spiro atoms. The number of hydrogen-bond acceptors (Lipinski definition) is 3. The van der Waals surface area contributed by atoms with E-state index in [1.165, 1.54) is 11.0 Å². The number of carbonyl (C=O) groups excluding carboxylic acids is 2. The highest BCUT2D eigenvalue weighted by atomic mass is 19.4. The van der Waals surface area contributed by atoms with Crippen LogP contribution in [-0.4, -0.2) is 23.3 Å². The molecule has 1 aliphatic heterocycles. The second kappa shape index (κ2) is 5.62. The Kier molecular flexibility index (Phi) is 4.17. The summed E-state index contributed by atoms with van der Waals surface area (Å²) in [5.74, 6) is -1.86. The Bertz CT molecular complexity index is 611. The highest BCUT2D eigenvalue weighted by molar-refractivity contribution is 5.99. The first-order valence-electron chi connectivity index (χ1n) is 6.83. The lowest BCUT2D eigenvalue weighted by atomic mass is 9.99. The van der Waals surface area contributed by atoms with Crippen LogP contribution < -0.4 is 5.11 Å². The molecule has 4 nitrogen and oxygen atoms in total. The first kappa shape index (κ1) is 16.3. The van der Waals surface area contributed by atoms with Crippen LogP contribution in [0.5, 0.6) is 0 Å². The average molecular weight is 314 g/mol. The van der Waals surface area contributed by atoms with E-state index >= 15 is 0 Å². The van der Waals surface area contributed by atoms with Crippen molar-refractivity contribution in [3.63, 3.8) is 0 Å². The summed E-state index contributed by atoms with van der Waals surface area (Å²) >= 11 is 0. The van der Waals surface area contributed by atoms with Crippen molar-refractivity contribution in [2.75, 3.05) is 6.54 Å². The highest BCUT2D eigenvalue weighted by Gasteiger charge is 2.39. The summed E-state index contributed by atoms with van der Waals surface area (Å²) in [5, 5.41) is 10.9. The molecule has 1 unspecified atom stereocenters. The lowest BCUT2D eigenvalue weighted by Gasteiger charge is -2.27. The fourth-order valence-electron chi connectivity index (χ4n) is 2.65. The van der Waals surface area contributed by atoms with Gasteiger partial charge >= 0.3 is 6.18 Å². The lowest BCUT2D eigenvalue weighted by Crippen LogP contribution is -2.35. The Morgan fingerprint density at radius 3 is 2.50 bits per heavy atom. The molecule has 0 aliphatic carbocycles. The molecule has 1 amide bonds. The first-order chi connectivity index (χ1) is 10.1. The standard InChI is InChI=1S/C15H16F3NO3/c1-8(2)7-19-12(6-13(20)21)10-4-3-9(15(16,17)18)5-11(10)14(19)22/h3-5,8,12H,6-7H2,1-2H3,(H,20,21)/p-1. The van der Waals surface area contributed by atoms with Crippen molar-refractivity contribution in [1.82, 2.24) is 4.90 Å². The van der Waals surface area contributed by atoms with Crippen LogP contribution in [0, 0.1) is 5.92 Å². The van der Waals surface area contributed by atoms with Crippen LogP contribution in [-0.2, 0) is 11.0 Å². The number of hydrogen-bond donors (Lipinski definition) is 0. The van der Waals surface area contributed by atoms with Gasteiger partial charge in [-0.1, -0.05) is 19.9 Å². The second-order valence-electron chi connectivity index (χ2n) is 5.74. The minimum absolute atomic E-state index is 0.0598. The van der Waals surface area contributed by atoms with E-state index in [2.05, 4.69) is 0 Å². The summed E-state index contributed by atoms with van der Waals surface area (Å²) in [6.45, 7) is 3.95. The molecule has 0 saturated carbocycles. The molecule has 0 radical (unpaired) electrons. The van der Waals surface area contributed by atoms with E-state index in [4.69, 9.17) is 0 Å². The van der Waals surface area contributed by atoms with Gasteiger partial charge in [-0.3, -0.25) is 4.79 Å². The van der Waals surface area contributed by atoms with Gasteiger partial charge in [0.2, 0.25) is 0 Å². The van der Waals surface area contributed by atoms with Gasteiger partial charge in [0.15, 0.2) is 0 Å². The third kappa shape index (κ3) is 3.08. The number of carbonyl (C=O) groups is 2. The molecule has 1 aliphatic rings. The summed E-state index contributed by atoms with van der Waals surface area (Å²) in [4.78, 5) is 24.6. The summed E-state index contributed by atoms with van der Waals surface area (Å²) in [7, 11) is 0. The van der Waals surface area contributed by atoms with Crippen LogP contribution in [0.2, 0.25) is 0 Å². The fourth-order valence-corrected chi connectivity index (χ4v) is 2.65. The Labute approximate surface area is 125 Å². The molecule has 2 rings (SSSR count). The van der Waals surface area contributed by atoms with Crippen molar-refractivity contribution in [3.05, 3.63) is 34.9 Å². The van der Waals surface area contributed by atoms with Crippen LogP contribution in [0.1, 0.15) is 47.8 Å². The van der Waals surface area contributed by atoms with Crippen molar-refractivity contribution in [3.8, 4) is 0 Å². The lowest BCUT2D eigenvalue weighted by molar-refractivity contribution is -0.306. The zero-order chi connectivity index (χ0) is 16.7. The molecule has 0 saturated heterocycles. The summed E-state index contributed by atoms with van der Waals surface area (Å²) in [5.41, 5.74) is -0.692. The van der Waals surface area contributed by atoms with Crippen molar-refractivity contribution in [1.29, 1.82) is 0 Å². The summed E-state index contributed by atoms with van der Waals surface area (Å²) in [6, 6.07) is 2.06. The maximum absolute atomic E-state index is 12.8. The van der Waals surface area contributed by atoms with Gasteiger partial charge in [-0.05, 0) is 23.6 Å². The maximum atomic E-state index is 12.8. The van der Waals surface area contributed by atoms with Gasteiger partial charge in [-0.15, -0.1) is 0 Å². The first-order valence-corrected chi connectivity index (χ1v) is 6.83. The Morgan fingerprint density at radius 2 is 2.00 bits per heavy atom. The van der Waals surface area contributed by atoms with E-state index in [9.17, 15) is 27.9 Å². The van der Waals surface area contributed by atoms with Crippen molar-refractivity contribution >= 4 is 11.9 Å². The SMILES string of the molecule is CC(C)CN1C(=O)c2cc(C(F)(F)F)ccc2C1CC(=O)[O-]. The average Bonchev–Trinajstić information content (AvgIpc) is 2.62. The summed E-state index contributed by atoms with van der Waals surface area (Å²) < 4.78 is 38.3. The normalized spacial score (nSPS) is 18.0. The van der Waals surface area contributed by atoms with E-state index in [1.807, 2.05) is 13.8 Å². The van der Waals surface area contributed by atoms with Crippen LogP contribution >= 0.6 is 0 Å². The summed E-state index contributed by atoms with van der Waals surface area (Å²) in [6.07, 6.45) is -4.98. The monoisotopic (exact) mass is 314 g/mol. The molecule has 0 N–H and O–H groups in total. The molecule has 1 aromatic rings. The Morgan fingerprint density at radius 1 is 1.36 bits per heavy atom. The third-order valence-corrected chi connectivity index (χ3v) is 3.53. The van der Waals surface area contributed by atoms with Crippen LogP contribution in [0.25, 0.3) is 0 Å². The molecule has 0 fully saturated rings. The van der Waals surface area contributed by atoms with Crippen molar-refractivity contribution < 1.29 is 27.9 Å². The van der Waals surface area contributed by atoms with Crippen molar-refractivity contribution in [2.45, 2.75) is 32.5 Å². The molecule has 1 aromatic carbocycles. The van der Waals surface area contributed by atoms with E-state index in [-0.39, 0.29) is 18.0 Å². The van der Waals surface area contributed by atoms with Gasteiger partial charge in [0.25, 0.3) is 5.91 Å². The number of benzene rings is 1. The van der Waals surface area contributed by atoms with Gasteiger partial charge in [0.05, 0.1) is 11.6 Å². The number of rotatable bonds is 4. The Hall–Kier alpha value is -2.05. The number of carboxylic acids is 1. The number of alkyl halides is 3. The molecule has 0 aromatic heterocycles. The number of halogens is 3. The largest absolute Gasteiger partial charge is 0.550 e. The number of carboxylic acid groups (broad SMARTS) is 1. The van der Waals surface area contributed by atoms with E-state index in [0.29, 0.717) is 5.56 Å². The van der Waals surface area contributed by atoms with Gasteiger partial charge < -0.3 is 14.8 Å². The minimum Gasteiger partial charge on any atom is -0.550 e. The van der Waals surface area contributed by atoms with Crippen molar-refractivity contribution in [2.24, 2.45) is 5.92 Å². The maximum Gasteiger partial charge on any atom is 0.416 e. The topological polar surface area (TPSA) is 60.4 Å². The minimum atomic E-state index is -4.55. The second-order valence-corrected chi connectivity index (χ2v) is 5.74. The smallest absolute Gasteiger partial charge is 0.416 e. The quantitative estimate of drug-likeness (QED) is 0.854. The molecule has 22 heavy (non-hydrogen) atoms. The fraction of sp³-hybridized carbons (Fsp3) is 0.467. The molecule has 0 bridgehead atoms. The highest BCUT2D eigenvalue weighted by Crippen LogP contribution is 2.39. The molecule has 120 valence electrons. The van der Waals surface area contributed by atoms with Gasteiger partial charge in [-0.2, -0.15) is 13.2 Å². The molecular formula is C15H15F3NO3-. The van der Waals surface area contributed by atoms with E-state index in [0.717, 1.165) is 12.1 Å². The number of amides is 1. The van der Waals surface area contributed by atoms with Crippen LogP contribution in [0.4, 0.5) is 13.2 Å². The van der Waals surface area contributed by atoms with Gasteiger partial charge in [-0.25, -0.2) is 0 Å². The Balaban J connectivity index is 2.46. The number of fused-ring (bicyclic) bond motifs is 1. The van der Waals surface area contributed by atoms with Crippen LogP contribution in [0.15, 0.2) is 18.2 Å². The molecule has 7 heteroatoms. The predicted octanol–water partition coefficient (Wildman–Crippen LogP) is 2.00. The number of nitrogens with zero attached hydrogens (tertiary/aromatic N) is 1. The third-order valence-electron chi connectivity index (χ3n) is 3.53. The van der Waals surface area contributed by atoms with E-state index in [1.54, 1.807) is 0 Å². The zero-order valence-electron chi connectivity index (χ0n) is 12.1. The molecule has 1 heterocycles. The van der Waals surface area contributed by atoms with Crippen LogP contribution in [0.3, 0.4) is 0 Å². The number of aliphatic carboxylic acids is 1. The molecular weight excluding hydrogens is 299 g/mol. The molecule has 1 atom stereocenters. The van der Waals surface area contributed by atoms with Gasteiger partial charge in [0.1, 0.15) is 0 Å². The zero-order valence-corrected chi connectivity index (χ0v) is 12.1. The predicted molar refractivity (Wildman–Crippen MR) is 69.7 cm³/mol. The van der Waals surface area contributed by atoms with Gasteiger partial charge in [0, 0.05) is 24.5 Å².